The predicted molar refractivity (Wildman–Crippen MR) is 50.2 cm³/mol. The number of alkyl halides is 1. The van der Waals surface area contributed by atoms with Gasteiger partial charge in [0.1, 0.15) is 0 Å². The molecule has 0 aliphatic carbocycles. The van der Waals surface area contributed by atoms with Crippen LogP contribution in [0.1, 0.15) is 19.3 Å². The van der Waals surface area contributed by atoms with Crippen LogP contribution in [0.2, 0.25) is 0 Å². The molecule has 0 radical (unpaired) electrons. The molecule has 0 heterocycles. The average molecular weight is 191 g/mol. The molecule has 2 nitrogen and oxygen atoms in total. The van der Waals surface area contributed by atoms with Crippen LogP contribution in [0.5, 0.6) is 0 Å². The van der Waals surface area contributed by atoms with E-state index in [4.69, 9.17) is 21.1 Å². The summed E-state index contributed by atoms with van der Waals surface area (Å²) in [7, 11) is 3.14. The number of unbranched alkanes of at least 4 members (excludes halogenated alkanes) is 2. The third kappa shape index (κ3) is 6.48. The Balaban J connectivity index is 3.42. The summed E-state index contributed by atoms with van der Waals surface area (Å²) in [5.41, 5.74) is 0. The molecular formula is C9H15ClO2. The van der Waals surface area contributed by atoms with Gasteiger partial charge in [0, 0.05) is 26.5 Å². The van der Waals surface area contributed by atoms with Crippen LogP contribution in [0.15, 0.2) is 0 Å². The quantitative estimate of drug-likeness (QED) is 0.286. The second-order valence-electron chi connectivity index (χ2n) is 2.27. The standard InChI is InChI=1S/C9H15ClO2/c1-11-9(12-2)7-5-3-4-6-8-10/h9H,3-4,6,8H2,1-2H3. The molecule has 0 aromatic carbocycles. The fourth-order valence-electron chi connectivity index (χ4n) is 0.677. The minimum atomic E-state index is -0.388. The first-order valence-corrected chi connectivity index (χ1v) is 4.48. The molecule has 0 saturated carbocycles. The van der Waals surface area contributed by atoms with E-state index in [-0.39, 0.29) is 6.29 Å². The number of halogens is 1. The lowest BCUT2D eigenvalue weighted by Gasteiger charge is -2.03. The maximum Gasteiger partial charge on any atom is 0.221 e. The van der Waals surface area contributed by atoms with Crippen molar-refractivity contribution in [3.05, 3.63) is 0 Å². The monoisotopic (exact) mass is 190 g/mol. The Hall–Kier alpha value is -0.230. The Bertz CT molecular complexity index is 144. The highest BCUT2D eigenvalue weighted by atomic mass is 35.5. The smallest absolute Gasteiger partial charge is 0.221 e. The zero-order valence-corrected chi connectivity index (χ0v) is 8.36. The Morgan fingerprint density at radius 2 is 1.92 bits per heavy atom. The maximum absolute atomic E-state index is 5.50. The first-order valence-electron chi connectivity index (χ1n) is 3.95. The molecular weight excluding hydrogens is 176 g/mol. The summed E-state index contributed by atoms with van der Waals surface area (Å²) in [6, 6.07) is 0. The minimum Gasteiger partial charge on any atom is -0.345 e. The summed E-state index contributed by atoms with van der Waals surface area (Å²) >= 11 is 5.50. The lowest BCUT2D eigenvalue weighted by atomic mass is 10.2. The van der Waals surface area contributed by atoms with E-state index in [1.807, 2.05) is 0 Å². The van der Waals surface area contributed by atoms with Crippen molar-refractivity contribution in [1.29, 1.82) is 0 Å². The van der Waals surface area contributed by atoms with Crippen molar-refractivity contribution < 1.29 is 9.47 Å². The van der Waals surface area contributed by atoms with E-state index >= 15 is 0 Å². The summed E-state index contributed by atoms with van der Waals surface area (Å²) in [4.78, 5) is 0. The number of hydrogen-bond acceptors (Lipinski definition) is 2. The molecule has 0 aliphatic heterocycles. The third-order valence-electron chi connectivity index (χ3n) is 1.33. The number of methoxy groups -OCH3 is 2. The molecule has 0 aromatic rings. The molecule has 0 N–H and O–H groups in total. The molecule has 0 atom stereocenters. The SMILES string of the molecule is COC(C#CCCCCCl)OC. The molecule has 0 saturated heterocycles. The molecule has 0 unspecified atom stereocenters. The van der Waals surface area contributed by atoms with Crippen LogP contribution < -0.4 is 0 Å². The first-order chi connectivity index (χ1) is 5.85. The molecule has 0 bridgehead atoms. The van der Waals surface area contributed by atoms with E-state index in [1.54, 1.807) is 14.2 Å². The van der Waals surface area contributed by atoms with Crippen LogP contribution in [0.3, 0.4) is 0 Å². The van der Waals surface area contributed by atoms with Crippen LogP contribution in [0, 0.1) is 11.8 Å². The first kappa shape index (κ1) is 11.8. The molecule has 0 fully saturated rings. The minimum absolute atomic E-state index is 0.388. The van der Waals surface area contributed by atoms with Crippen molar-refractivity contribution in [3.8, 4) is 11.8 Å². The van der Waals surface area contributed by atoms with Gasteiger partial charge < -0.3 is 9.47 Å². The van der Waals surface area contributed by atoms with Crippen molar-refractivity contribution in [2.45, 2.75) is 25.6 Å². The maximum atomic E-state index is 5.50. The van der Waals surface area contributed by atoms with Crippen LogP contribution in [0.25, 0.3) is 0 Å². The lowest BCUT2D eigenvalue weighted by Crippen LogP contribution is -2.09. The van der Waals surface area contributed by atoms with Gasteiger partial charge in [-0.3, -0.25) is 0 Å². The van der Waals surface area contributed by atoms with Crippen molar-refractivity contribution in [3.63, 3.8) is 0 Å². The van der Waals surface area contributed by atoms with Gasteiger partial charge in [-0.15, -0.1) is 11.6 Å². The van der Waals surface area contributed by atoms with Crippen LogP contribution in [-0.4, -0.2) is 26.4 Å². The van der Waals surface area contributed by atoms with Gasteiger partial charge in [-0.25, -0.2) is 0 Å². The molecule has 0 aliphatic rings. The molecule has 70 valence electrons. The van der Waals surface area contributed by atoms with Crippen molar-refractivity contribution >= 4 is 11.6 Å². The van der Waals surface area contributed by atoms with Gasteiger partial charge in [0.25, 0.3) is 0 Å². The molecule has 0 amide bonds. The highest BCUT2D eigenvalue weighted by Crippen LogP contribution is 1.96. The second-order valence-corrected chi connectivity index (χ2v) is 2.65. The van der Waals surface area contributed by atoms with Gasteiger partial charge in [0.2, 0.25) is 6.29 Å². The van der Waals surface area contributed by atoms with Gasteiger partial charge in [0.05, 0.1) is 0 Å². The van der Waals surface area contributed by atoms with E-state index in [0.717, 1.165) is 19.3 Å². The summed E-state index contributed by atoms with van der Waals surface area (Å²) < 4.78 is 9.77. The van der Waals surface area contributed by atoms with Gasteiger partial charge in [-0.2, -0.15) is 0 Å². The largest absolute Gasteiger partial charge is 0.345 e. The Morgan fingerprint density at radius 1 is 1.25 bits per heavy atom. The van der Waals surface area contributed by atoms with Gasteiger partial charge >= 0.3 is 0 Å². The van der Waals surface area contributed by atoms with E-state index in [2.05, 4.69) is 11.8 Å². The van der Waals surface area contributed by atoms with Gasteiger partial charge in [0.15, 0.2) is 0 Å². The van der Waals surface area contributed by atoms with Crippen LogP contribution >= 0.6 is 11.6 Å². The topological polar surface area (TPSA) is 18.5 Å². The Labute approximate surface area is 79.2 Å². The Morgan fingerprint density at radius 3 is 2.42 bits per heavy atom. The summed E-state index contributed by atoms with van der Waals surface area (Å²) in [6.45, 7) is 0. The normalized spacial score (nSPS) is 9.67. The highest BCUT2D eigenvalue weighted by Gasteiger charge is 1.95. The second kappa shape index (κ2) is 8.86. The summed E-state index contributed by atoms with van der Waals surface area (Å²) in [5, 5.41) is 0. The van der Waals surface area contributed by atoms with Gasteiger partial charge in [-0.05, 0) is 18.8 Å². The molecule has 3 heteroatoms. The molecule has 0 rings (SSSR count). The summed E-state index contributed by atoms with van der Waals surface area (Å²) in [6.07, 6.45) is 2.52. The fourth-order valence-corrected chi connectivity index (χ4v) is 0.866. The van der Waals surface area contributed by atoms with Gasteiger partial charge in [-0.1, -0.05) is 5.92 Å². The number of hydrogen-bond donors (Lipinski definition) is 0. The summed E-state index contributed by atoms with van der Waals surface area (Å²) in [5.74, 6) is 6.51. The third-order valence-corrected chi connectivity index (χ3v) is 1.60. The van der Waals surface area contributed by atoms with Crippen molar-refractivity contribution in [2.24, 2.45) is 0 Å². The zero-order chi connectivity index (χ0) is 9.23. The number of rotatable bonds is 5. The van der Waals surface area contributed by atoms with Crippen LogP contribution in [0.4, 0.5) is 0 Å². The predicted octanol–water partition coefficient (Wildman–Crippen LogP) is 2.02. The Kier molecular flexibility index (Phi) is 8.69. The molecule has 12 heavy (non-hydrogen) atoms. The lowest BCUT2D eigenvalue weighted by molar-refractivity contribution is -0.0595. The van der Waals surface area contributed by atoms with Crippen molar-refractivity contribution in [2.75, 3.05) is 20.1 Å². The zero-order valence-electron chi connectivity index (χ0n) is 7.60. The van der Waals surface area contributed by atoms with Crippen LogP contribution in [-0.2, 0) is 9.47 Å². The van der Waals surface area contributed by atoms with Crippen molar-refractivity contribution in [1.82, 2.24) is 0 Å². The van der Waals surface area contributed by atoms with E-state index in [0.29, 0.717) is 5.88 Å². The molecule has 0 spiro atoms. The molecule has 0 aromatic heterocycles. The highest BCUT2D eigenvalue weighted by molar-refractivity contribution is 6.17. The van der Waals surface area contributed by atoms with E-state index < -0.39 is 0 Å². The van der Waals surface area contributed by atoms with E-state index in [1.165, 1.54) is 0 Å². The number of ether oxygens (including phenoxy) is 2. The van der Waals surface area contributed by atoms with E-state index in [9.17, 15) is 0 Å². The fraction of sp³-hybridized carbons (Fsp3) is 0.778. The average Bonchev–Trinajstić information content (AvgIpc) is 2.11.